The van der Waals surface area contributed by atoms with Crippen LogP contribution in [-0.2, 0) is 4.79 Å². The highest BCUT2D eigenvalue weighted by Gasteiger charge is 2.17. The molecule has 1 unspecified atom stereocenters. The number of rotatable bonds is 5. The molecule has 0 radical (unpaired) electrons. The Bertz CT molecular complexity index is 602. The van der Waals surface area contributed by atoms with Crippen LogP contribution in [0.5, 0.6) is 11.6 Å². The molecule has 1 atom stereocenters. The van der Waals surface area contributed by atoms with Gasteiger partial charge in [0.15, 0.2) is 0 Å². The van der Waals surface area contributed by atoms with Crippen LogP contribution in [0, 0.1) is 5.92 Å². The highest BCUT2D eigenvalue weighted by atomic mass is 16.5. The van der Waals surface area contributed by atoms with Crippen molar-refractivity contribution >= 4 is 11.6 Å². The Kier molecular flexibility index (Phi) is 4.84. The van der Waals surface area contributed by atoms with Gasteiger partial charge < -0.3 is 15.8 Å². The third kappa shape index (κ3) is 4.25. The molecule has 6 heteroatoms. The van der Waals surface area contributed by atoms with Crippen LogP contribution in [0.3, 0.4) is 0 Å². The first-order valence-electron chi connectivity index (χ1n) is 6.66. The monoisotopic (exact) mass is 286 g/mol. The van der Waals surface area contributed by atoms with Crippen LogP contribution >= 0.6 is 0 Å². The van der Waals surface area contributed by atoms with Crippen molar-refractivity contribution < 1.29 is 9.53 Å². The predicted octanol–water partition coefficient (Wildman–Crippen LogP) is 2.19. The van der Waals surface area contributed by atoms with Crippen molar-refractivity contribution in [3.63, 3.8) is 0 Å². The molecule has 1 aromatic heterocycles. The smallest absolute Gasteiger partial charge is 0.241 e. The second-order valence-electron chi connectivity index (χ2n) is 4.93. The Morgan fingerprint density at radius 2 is 2.14 bits per heavy atom. The Hall–Kier alpha value is -2.47. The lowest BCUT2D eigenvalue weighted by atomic mass is 10.0. The lowest BCUT2D eigenvalue weighted by molar-refractivity contribution is -0.118. The summed E-state index contributed by atoms with van der Waals surface area (Å²) < 4.78 is 5.55. The van der Waals surface area contributed by atoms with Crippen LogP contribution in [-0.4, -0.2) is 21.9 Å². The maximum Gasteiger partial charge on any atom is 0.241 e. The Morgan fingerprint density at radius 3 is 2.81 bits per heavy atom. The number of ether oxygens (including phenoxy) is 1. The molecule has 110 valence electrons. The molecule has 0 fully saturated rings. The number of anilines is 1. The first-order chi connectivity index (χ1) is 10.1. The number of amides is 1. The van der Waals surface area contributed by atoms with E-state index in [1.807, 2.05) is 13.8 Å². The molecule has 0 bridgehead atoms. The van der Waals surface area contributed by atoms with Gasteiger partial charge in [0, 0.05) is 24.1 Å². The van der Waals surface area contributed by atoms with Crippen LogP contribution in [0.25, 0.3) is 0 Å². The minimum atomic E-state index is -0.547. The largest absolute Gasteiger partial charge is 0.437 e. The first kappa shape index (κ1) is 14.9. The van der Waals surface area contributed by atoms with Crippen LogP contribution in [0.1, 0.15) is 13.8 Å². The molecule has 0 aliphatic rings. The standard InChI is InChI=1S/C15H18N4O2/c1-10(2)14(16)15(20)19-11-4-3-5-12(8-11)21-13-9-17-6-7-18-13/h3-10,14H,16H2,1-2H3,(H,19,20). The van der Waals surface area contributed by atoms with E-state index in [0.29, 0.717) is 17.3 Å². The summed E-state index contributed by atoms with van der Waals surface area (Å²) in [5.41, 5.74) is 6.43. The molecule has 0 aliphatic heterocycles. The summed E-state index contributed by atoms with van der Waals surface area (Å²) in [7, 11) is 0. The molecule has 0 aliphatic carbocycles. The van der Waals surface area contributed by atoms with Crippen LogP contribution in [0.4, 0.5) is 5.69 Å². The second-order valence-corrected chi connectivity index (χ2v) is 4.93. The fraction of sp³-hybridized carbons (Fsp3) is 0.267. The minimum Gasteiger partial charge on any atom is -0.437 e. The minimum absolute atomic E-state index is 0.0732. The number of carbonyl (C=O) groups excluding carboxylic acids is 1. The van der Waals surface area contributed by atoms with E-state index in [1.54, 1.807) is 36.7 Å². The molecule has 0 saturated heterocycles. The molecular formula is C15H18N4O2. The number of aromatic nitrogens is 2. The number of nitrogens with one attached hydrogen (secondary N) is 1. The number of hydrogen-bond acceptors (Lipinski definition) is 5. The summed E-state index contributed by atoms with van der Waals surface area (Å²) in [6, 6.07) is 6.48. The molecule has 1 amide bonds. The summed E-state index contributed by atoms with van der Waals surface area (Å²) in [4.78, 5) is 19.9. The Balaban J connectivity index is 2.06. The number of hydrogen-bond donors (Lipinski definition) is 2. The summed E-state index contributed by atoms with van der Waals surface area (Å²) in [5.74, 6) is 0.803. The predicted molar refractivity (Wildman–Crippen MR) is 80.0 cm³/mol. The summed E-state index contributed by atoms with van der Waals surface area (Å²) in [5, 5.41) is 2.77. The van der Waals surface area contributed by atoms with E-state index in [1.165, 1.54) is 6.20 Å². The molecule has 1 heterocycles. The van der Waals surface area contributed by atoms with Crippen molar-refractivity contribution in [3.8, 4) is 11.6 Å². The molecule has 3 N–H and O–H groups in total. The zero-order chi connectivity index (χ0) is 15.2. The normalized spacial score (nSPS) is 12.0. The van der Waals surface area contributed by atoms with Gasteiger partial charge in [-0.05, 0) is 18.1 Å². The first-order valence-corrected chi connectivity index (χ1v) is 6.66. The average molecular weight is 286 g/mol. The van der Waals surface area contributed by atoms with Crippen LogP contribution in [0.2, 0.25) is 0 Å². The fourth-order valence-electron chi connectivity index (χ4n) is 1.62. The lowest BCUT2D eigenvalue weighted by Gasteiger charge is -2.15. The van der Waals surface area contributed by atoms with Crippen molar-refractivity contribution in [2.24, 2.45) is 11.7 Å². The Labute approximate surface area is 123 Å². The number of benzene rings is 1. The van der Waals surface area contributed by atoms with Gasteiger partial charge in [0.25, 0.3) is 0 Å². The molecule has 21 heavy (non-hydrogen) atoms. The van der Waals surface area contributed by atoms with E-state index in [4.69, 9.17) is 10.5 Å². The van der Waals surface area contributed by atoms with Gasteiger partial charge in [0.05, 0.1) is 12.2 Å². The van der Waals surface area contributed by atoms with Crippen molar-refractivity contribution in [2.45, 2.75) is 19.9 Å². The Morgan fingerprint density at radius 1 is 1.33 bits per heavy atom. The number of carbonyl (C=O) groups is 1. The maximum absolute atomic E-state index is 11.9. The van der Waals surface area contributed by atoms with Crippen molar-refractivity contribution in [2.75, 3.05) is 5.32 Å². The van der Waals surface area contributed by atoms with Gasteiger partial charge in [-0.2, -0.15) is 0 Å². The maximum atomic E-state index is 11.9. The quantitative estimate of drug-likeness (QED) is 0.879. The lowest BCUT2D eigenvalue weighted by Crippen LogP contribution is -2.39. The highest BCUT2D eigenvalue weighted by Crippen LogP contribution is 2.22. The van der Waals surface area contributed by atoms with Gasteiger partial charge in [0.2, 0.25) is 11.8 Å². The van der Waals surface area contributed by atoms with Crippen molar-refractivity contribution in [1.82, 2.24) is 9.97 Å². The number of nitrogens with two attached hydrogens (primary N) is 1. The molecular weight excluding hydrogens is 268 g/mol. The highest BCUT2D eigenvalue weighted by molar-refractivity contribution is 5.94. The summed E-state index contributed by atoms with van der Waals surface area (Å²) in [6.45, 7) is 3.80. The van der Waals surface area contributed by atoms with Gasteiger partial charge in [-0.3, -0.25) is 9.78 Å². The molecule has 0 spiro atoms. The molecule has 2 aromatic rings. The molecule has 2 rings (SSSR count). The third-order valence-electron chi connectivity index (χ3n) is 2.88. The van der Waals surface area contributed by atoms with E-state index >= 15 is 0 Å². The van der Waals surface area contributed by atoms with Crippen LogP contribution < -0.4 is 15.8 Å². The van der Waals surface area contributed by atoms with E-state index in [-0.39, 0.29) is 11.8 Å². The van der Waals surface area contributed by atoms with Crippen LogP contribution in [0.15, 0.2) is 42.9 Å². The SMILES string of the molecule is CC(C)C(N)C(=O)Nc1cccc(Oc2cnccn2)c1. The number of nitrogens with zero attached hydrogens (tertiary/aromatic N) is 2. The van der Waals surface area contributed by atoms with E-state index < -0.39 is 6.04 Å². The fourth-order valence-corrected chi connectivity index (χ4v) is 1.62. The van der Waals surface area contributed by atoms with Crippen molar-refractivity contribution in [1.29, 1.82) is 0 Å². The molecule has 0 saturated carbocycles. The van der Waals surface area contributed by atoms with Gasteiger partial charge >= 0.3 is 0 Å². The van der Waals surface area contributed by atoms with Crippen molar-refractivity contribution in [3.05, 3.63) is 42.9 Å². The average Bonchev–Trinajstić information content (AvgIpc) is 2.47. The zero-order valence-corrected chi connectivity index (χ0v) is 12.0. The summed E-state index contributed by atoms with van der Waals surface area (Å²) >= 11 is 0. The third-order valence-corrected chi connectivity index (χ3v) is 2.88. The van der Waals surface area contributed by atoms with Gasteiger partial charge in [-0.1, -0.05) is 19.9 Å². The molecule has 6 nitrogen and oxygen atoms in total. The van der Waals surface area contributed by atoms with E-state index in [9.17, 15) is 4.79 Å². The zero-order valence-electron chi connectivity index (χ0n) is 12.0. The van der Waals surface area contributed by atoms with Gasteiger partial charge in [0.1, 0.15) is 5.75 Å². The second kappa shape index (κ2) is 6.81. The van der Waals surface area contributed by atoms with Gasteiger partial charge in [-0.25, -0.2) is 4.98 Å². The van der Waals surface area contributed by atoms with E-state index in [2.05, 4.69) is 15.3 Å². The van der Waals surface area contributed by atoms with Gasteiger partial charge in [-0.15, -0.1) is 0 Å². The molecule has 1 aromatic carbocycles. The topological polar surface area (TPSA) is 90.1 Å². The van der Waals surface area contributed by atoms with E-state index in [0.717, 1.165) is 0 Å². The summed E-state index contributed by atoms with van der Waals surface area (Å²) in [6.07, 6.45) is 4.62.